The molecule has 0 radical (unpaired) electrons. The smallest absolute Gasteiger partial charge is 0.228 e. The van der Waals surface area contributed by atoms with E-state index < -0.39 is 0 Å². The molecule has 0 bridgehead atoms. The van der Waals surface area contributed by atoms with Gasteiger partial charge in [0.15, 0.2) is 0 Å². The van der Waals surface area contributed by atoms with E-state index in [2.05, 4.69) is 45.3 Å². The molecule has 1 aliphatic rings. The van der Waals surface area contributed by atoms with Crippen molar-refractivity contribution in [3.63, 3.8) is 0 Å². The molecule has 1 amide bonds. The number of rotatable bonds is 7. The van der Waals surface area contributed by atoms with Crippen molar-refractivity contribution in [1.82, 2.24) is 10.6 Å². The molecule has 1 saturated heterocycles. The summed E-state index contributed by atoms with van der Waals surface area (Å²) in [6.45, 7) is 12.8. The van der Waals surface area contributed by atoms with Crippen LogP contribution in [-0.2, 0) is 4.79 Å². The summed E-state index contributed by atoms with van der Waals surface area (Å²) in [5.41, 5.74) is -0.188. The first-order valence-electron chi connectivity index (χ1n) is 7.90. The number of nitrogens with one attached hydrogen (secondary N) is 2. The quantitative estimate of drug-likeness (QED) is 0.745. The maximum atomic E-state index is 12.6. The van der Waals surface area contributed by atoms with E-state index in [-0.39, 0.29) is 11.3 Å². The predicted octanol–water partition coefficient (Wildman–Crippen LogP) is 2.95. The first-order chi connectivity index (χ1) is 8.88. The van der Waals surface area contributed by atoms with E-state index in [9.17, 15) is 4.79 Å². The molecule has 1 fully saturated rings. The fourth-order valence-electron chi connectivity index (χ4n) is 2.93. The van der Waals surface area contributed by atoms with Crippen LogP contribution in [0.3, 0.4) is 0 Å². The molecule has 2 N–H and O–H groups in total. The summed E-state index contributed by atoms with van der Waals surface area (Å²) >= 11 is 0. The largest absolute Gasteiger partial charge is 0.353 e. The molecule has 2 atom stereocenters. The summed E-state index contributed by atoms with van der Waals surface area (Å²) in [4.78, 5) is 12.6. The van der Waals surface area contributed by atoms with Gasteiger partial charge in [0.1, 0.15) is 0 Å². The molecule has 2 unspecified atom stereocenters. The fourth-order valence-corrected chi connectivity index (χ4v) is 2.93. The van der Waals surface area contributed by atoms with Crippen LogP contribution in [0.2, 0.25) is 0 Å². The van der Waals surface area contributed by atoms with Crippen LogP contribution in [0.1, 0.15) is 60.3 Å². The lowest BCUT2D eigenvalue weighted by molar-refractivity contribution is -0.133. The van der Waals surface area contributed by atoms with E-state index in [1.165, 1.54) is 12.8 Å². The Kier molecular flexibility index (Phi) is 6.31. The third kappa shape index (κ3) is 4.48. The van der Waals surface area contributed by atoms with Gasteiger partial charge in [0.2, 0.25) is 5.91 Å². The molecule has 0 spiro atoms. The Bertz CT molecular complexity index is 280. The van der Waals surface area contributed by atoms with Gasteiger partial charge in [-0.15, -0.1) is 0 Å². The van der Waals surface area contributed by atoms with Gasteiger partial charge >= 0.3 is 0 Å². The molecular weight excluding hydrogens is 236 g/mol. The van der Waals surface area contributed by atoms with Gasteiger partial charge in [0.25, 0.3) is 0 Å². The molecule has 1 aliphatic heterocycles. The highest BCUT2D eigenvalue weighted by Gasteiger charge is 2.43. The van der Waals surface area contributed by atoms with Gasteiger partial charge in [-0.3, -0.25) is 4.79 Å². The van der Waals surface area contributed by atoms with Gasteiger partial charge in [-0.25, -0.2) is 0 Å². The maximum absolute atomic E-state index is 12.6. The van der Waals surface area contributed by atoms with Crippen molar-refractivity contribution >= 4 is 5.91 Å². The van der Waals surface area contributed by atoms with Crippen LogP contribution >= 0.6 is 0 Å². The first-order valence-corrected chi connectivity index (χ1v) is 7.90. The predicted molar refractivity (Wildman–Crippen MR) is 81.1 cm³/mol. The Morgan fingerprint density at radius 1 is 1.21 bits per heavy atom. The van der Waals surface area contributed by atoms with Gasteiger partial charge < -0.3 is 10.6 Å². The summed E-state index contributed by atoms with van der Waals surface area (Å²) in [6.07, 6.45) is 4.50. The molecular formula is C16H32N2O. The summed E-state index contributed by atoms with van der Waals surface area (Å²) < 4.78 is 0. The fraction of sp³-hybridized carbons (Fsp3) is 0.938. The number of amides is 1. The SMILES string of the molecule is CC(C)CCCC(C)NC(=O)C1(C(C)C)CCNC1. The lowest BCUT2D eigenvalue weighted by atomic mass is 9.75. The summed E-state index contributed by atoms with van der Waals surface area (Å²) in [7, 11) is 0. The third-order valence-corrected chi connectivity index (χ3v) is 4.54. The van der Waals surface area contributed by atoms with Crippen molar-refractivity contribution in [2.75, 3.05) is 13.1 Å². The summed E-state index contributed by atoms with van der Waals surface area (Å²) in [6, 6.07) is 0.294. The zero-order valence-corrected chi connectivity index (χ0v) is 13.4. The summed E-state index contributed by atoms with van der Waals surface area (Å²) in [5.74, 6) is 1.40. The Labute approximate surface area is 118 Å². The first kappa shape index (κ1) is 16.5. The van der Waals surface area contributed by atoms with Crippen molar-refractivity contribution < 1.29 is 4.79 Å². The highest BCUT2D eigenvalue weighted by Crippen LogP contribution is 2.34. The maximum Gasteiger partial charge on any atom is 0.228 e. The number of carbonyl (C=O) groups excluding carboxylic acids is 1. The van der Waals surface area contributed by atoms with Crippen molar-refractivity contribution in [3.05, 3.63) is 0 Å². The van der Waals surface area contributed by atoms with Crippen LogP contribution < -0.4 is 10.6 Å². The molecule has 3 nitrogen and oxygen atoms in total. The van der Waals surface area contributed by atoms with Crippen molar-refractivity contribution in [3.8, 4) is 0 Å². The normalized spacial score (nSPS) is 25.0. The van der Waals surface area contributed by atoms with Crippen molar-refractivity contribution in [1.29, 1.82) is 0 Å². The zero-order chi connectivity index (χ0) is 14.5. The molecule has 3 heteroatoms. The molecule has 1 heterocycles. The van der Waals surface area contributed by atoms with Gasteiger partial charge in [-0.1, -0.05) is 40.5 Å². The van der Waals surface area contributed by atoms with Crippen molar-refractivity contribution in [2.24, 2.45) is 17.3 Å². The minimum atomic E-state index is -0.188. The van der Waals surface area contributed by atoms with E-state index >= 15 is 0 Å². The van der Waals surface area contributed by atoms with Gasteiger partial charge in [-0.2, -0.15) is 0 Å². The molecule has 1 rings (SSSR count). The Balaban J connectivity index is 2.44. The topological polar surface area (TPSA) is 41.1 Å². The average Bonchev–Trinajstić information content (AvgIpc) is 2.78. The lowest BCUT2D eigenvalue weighted by Gasteiger charge is -2.32. The highest BCUT2D eigenvalue weighted by molar-refractivity contribution is 5.83. The highest BCUT2D eigenvalue weighted by atomic mass is 16.2. The minimum absolute atomic E-state index is 0.188. The van der Waals surface area contributed by atoms with E-state index in [0.717, 1.165) is 31.8 Å². The second kappa shape index (κ2) is 7.28. The summed E-state index contributed by atoms with van der Waals surface area (Å²) in [5, 5.41) is 6.58. The molecule has 0 aromatic rings. The Hall–Kier alpha value is -0.570. The monoisotopic (exact) mass is 268 g/mol. The molecule has 19 heavy (non-hydrogen) atoms. The van der Waals surface area contributed by atoms with Crippen LogP contribution in [0, 0.1) is 17.3 Å². The van der Waals surface area contributed by atoms with E-state index in [1.807, 2.05) is 0 Å². The van der Waals surface area contributed by atoms with Crippen LogP contribution in [0.25, 0.3) is 0 Å². The third-order valence-electron chi connectivity index (χ3n) is 4.54. The van der Waals surface area contributed by atoms with Crippen LogP contribution in [-0.4, -0.2) is 25.0 Å². The molecule has 0 saturated carbocycles. The Morgan fingerprint density at radius 3 is 2.37 bits per heavy atom. The average molecular weight is 268 g/mol. The Morgan fingerprint density at radius 2 is 1.89 bits per heavy atom. The zero-order valence-electron chi connectivity index (χ0n) is 13.4. The number of hydrogen-bond donors (Lipinski definition) is 2. The van der Waals surface area contributed by atoms with Crippen LogP contribution in [0.15, 0.2) is 0 Å². The van der Waals surface area contributed by atoms with E-state index in [1.54, 1.807) is 0 Å². The molecule has 112 valence electrons. The minimum Gasteiger partial charge on any atom is -0.353 e. The van der Waals surface area contributed by atoms with E-state index in [4.69, 9.17) is 0 Å². The van der Waals surface area contributed by atoms with Gasteiger partial charge in [0.05, 0.1) is 5.41 Å². The standard InChI is InChI=1S/C16H32N2O/c1-12(2)7-6-8-14(5)18-15(19)16(13(3)4)9-10-17-11-16/h12-14,17H,6-11H2,1-5H3,(H,18,19). The molecule has 0 aromatic carbocycles. The number of carbonyl (C=O) groups is 1. The van der Waals surface area contributed by atoms with Crippen LogP contribution in [0.5, 0.6) is 0 Å². The van der Waals surface area contributed by atoms with E-state index in [0.29, 0.717) is 12.0 Å². The second-order valence-corrected chi connectivity index (χ2v) is 6.94. The lowest BCUT2D eigenvalue weighted by Crippen LogP contribution is -2.48. The van der Waals surface area contributed by atoms with Gasteiger partial charge in [0, 0.05) is 12.6 Å². The molecule has 0 aliphatic carbocycles. The van der Waals surface area contributed by atoms with Crippen LogP contribution in [0.4, 0.5) is 0 Å². The van der Waals surface area contributed by atoms with Gasteiger partial charge in [-0.05, 0) is 38.1 Å². The second-order valence-electron chi connectivity index (χ2n) is 6.94. The number of hydrogen-bond acceptors (Lipinski definition) is 2. The molecule has 0 aromatic heterocycles. The van der Waals surface area contributed by atoms with Crippen molar-refractivity contribution in [2.45, 2.75) is 66.3 Å².